The smallest absolute Gasteiger partial charge is 0.223 e. The minimum atomic E-state index is -1.06. The van der Waals surface area contributed by atoms with Crippen molar-refractivity contribution in [2.45, 2.75) is 62.1 Å². The van der Waals surface area contributed by atoms with E-state index in [1.54, 1.807) is 12.1 Å². The van der Waals surface area contributed by atoms with Crippen molar-refractivity contribution >= 4 is 5.91 Å². The molecule has 3 aliphatic carbocycles. The molecular weight excluding hydrogens is 438 g/mol. The number of rotatable bonds is 5. The van der Waals surface area contributed by atoms with Gasteiger partial charge in [-0.1, -0.05) is 6.07 Å². The summed E-state index contributed by atoms with van der Waals surface area (Å²) in [6.07, 6.45) is 4.76. The van der Waals surface area contributed by atoms with Gasteiger partial charge in [0.05, 0.1) is 5.60 Å². The number of carbonyl (C=O) groups is 1. The fraction of sp³-hybridized carbons (Fsp3) is 0.519. The lowest BCUT2D eigenvalue weighted by Gasteiger charge is -2.59. The third-order valence-electron chi connectivity index (χ3n) is 8.77. The van der Waals surface area contributed by atoms with Crippen LogP contribution >= 0.6 is 0 Å². The van der Waals surface area contributed by atoms with E-state index < -0.39 is 28.6 Å². The number of benzene rings is 2. The van der Waals surface area contributed by atoms with Crippen LogP contribution < -0.4 is 5.32 Å². The molecule has 0 radical (unpaired) electrons. The molecule has 6 rings (SSSR count). The van der Waals surface area contributed by atoms with Crippen LogP contribution in [0, 0.1) is 23.5 Å². The number of hydrogen-bond donors (Lipinski definition) is 3. The minimum Gasteiger partial charge on any atom is -0.508 e. The summed E-state index contributed by atoms with van der Waals surface area (Å²) in [5.41, 5.74) is 0.831. The van der Waals surface area contributed by atoms with Gasteiger partial charge in [-0.2, -0.15) is 0 Å². The largest absolute Gasteiger partial charge is 0.508 e. The van der Waals surface area contributed by atoms with Crippen molar-refractivity contribution in [2.24, 2.45) is 11.8 Å². The first kappa shape index (κ1) is 22.0. The molecule has 1 aliphatic heterocycles. The first-order valence-corrected chi connectivity index (χ1v) is 12.3. The van der Waals surface area contributed by atoms with E-state index in [-0.39, 0.29) is 24.2 Å². The molecule has 0 unspecified atom stereocenters. The fourth-order valence-corrected chi connectivity index (χ4v) is 7.06. The molecule has 2 aromatic carbocycles. The SMILES string of the molecule is O=C(NCc1cc(F)cc(F)c1)[C@H]1C[C@]23CCN(CC4CC4)[C@H](Cc4ccc(O)cc42)[C@]3(O)C1. The van der Waals surface area contributed by atoms with Crippen molar-refractivity contribution in [3.63, 3.8) is 0 Å². The van der Waals surface area contributed by atoms with Crippen molar-refractivity contribution in [1.82, 2.24) is 10.2 Å². The predicted octanol–water partition coefficient (Wildman–Crippen LogP) is 3.41. The lowest BCUT2D eigenvalue weighted by atomic mass is 9.56. The van der Waals surface area contributed by atoms with Gasteiger partial charge >= 0.3 is 0 Å². The lowest BCUT2D eigenvalue weighted by molar-refractivity contribution is -0.134. The molecule has 1 amide bonds. The van der Waals surface area contributed by atoms with Crippen LogP contribution in [-0.2, 0) is 23.2 Å². The highest BCUT2D eigenvalue weighted by molar-refractivity contribution is 5.80. The maximum atomic E-state index is 13.5. The first-order chi connectivity index (χ1) is 16.3. The van der Waals surface area contributed by atoms with Gasteiger partial charge in [-0.3, -0.25) is 9.69 Å². The molecule has 7 heteroatoms. The molecule has 4 atom stereocenters. The Balaban J connectivity index is 1.29. The number of piperidine rings is 1. The molecule has 4 aliphatic rings. The number of hydrogen-bond acceptors (Lipinski definition) is 4. The Morgan fingerprint density at radius 2 is 1.88 bits per heavy atom. The zero-order valence-corrected chi connectivity index (χ0v) is 19.1. The van der Waals surface area contributed by atoms with Gasteiger partial charge in [0.2, 0.25) is 5.91 Å². The third-order valence-corrected chi connectivity index (χ3v) is 8.77. The molecular formula is C27H30F2N2O3. The standard InChI is InChI=1S/C27H30F2N2O3/c28-20-7-17(8-21(29)10-20)14-30-25(33)19-12-26-5-6-31(15-16-1-2-16)24(27(26,34)13-19)9-18-3-4-22(32)11-23(18)26/h3-4,7-8,10-11,16,19,24,32,34H,1-2,5-6,9,12-15H2,(H,30,33)/t19-,24+,26+,27+/m0/s1. The minimum absolute atomic E-state index is 0.0318. The molecule has 0 aromatic heterocycles. The molecule has 0 spiro atoms. The Kier molecular flexibility index (Phi) is 5.01. The van der Waals surface area contributed by atoms with Gasteiger partial charge in [0.25, 0.3) is 0 Å². The molecule has 1 saturated heterocycles. The molecule has 2 aromatic rings. The molecule has 5 nitrogen and oxygen atoms in total. The van der Waals surface area contributed by atoms with Crippen LogP contribution in [0.25, 0.3) is 0 Å². The Labute approximate surface area is 197 Å². The number of fused-ring (bicyclic) bond motifs is 1. The Morgan fingerprint density at radius 1 is 1.12 bits per heavy atom. The van der Waals surface area contributed by atoms with E-state index in [0.717, 1.165) is 36.7 Å². The van der Waals surface area contributed by atoms with E-state index >= 15 is 0 Å². The molecule has 34 heavy (non-hydrogen) atoms. The summed E-state index contributed by atoms with van der Waals surface area (Å²) in [6, 6.07) is 8.63. The van der Waals surface area contributed by atoms with Crippen molar-refractivity contribution < 1.29 is 23.8 Å². The maximum absolute atomic E-state index is 13.5. The molecule has 3 N–H and O–H groups in total. The number of aliphatic hydroxyl groups is 1. The highest BCUT2D eigenvalue weighted by Gasteiger charge is 2.68. The summed E-state index contributed by atoms with van der Waals surface area (Å²) in [4.78, 5) is 15.7. The summed E-state index contributed by atoms with van der Waals surface area (Å²) >= 11 is 0. The second-order valence-corrected chi connectivity index (χ2v) is 10.9. The number of phenolic OH excluding ortho intramolecular Hbond substituents is 1. The van der Waals surface area contributed by atoms with Crippen molar-refractivity contribution in [3.05, 3.63) is 64.7 Å². The summed E-state index contributed by atoms with van der Waals surface area (Å²) in [5.74, 6) is -1.10. The van der Waals surface area contributed by atoms with E-state index in [9.17, 15) is 23.8 Å². The molecule has 180 valence electrons. The van der Waals surface area contributed by atoms with E-state index in [1.165, 1.54) is 25.0 Å². The van der Waals surface area contributed by atoms with Crippen molar-refractivity contribution in [1.29, 1.82) is 0 Å². The summed E-state index contributed by atoms with van der Waals surface area (Å²) in [5, 5.41) is 25.4. The van der Waals surface area contributed by atoms with Crippen LogP contribution in [0.1, 0.15) is 48.8 Å². The maximum Gasteiger partial charge on any atom is 0.223 e. The fourth-order valence-electron chi connectivity index (χ4n) is 7.06. The first-order valence-electron chi connectivity index (χ1n) is 12.3. The topological polar surface area (TPSA) is 72.8 Å². The van der Waals surface area contributed by atoms with E-state index in [1.807, 2.05) is 6.07 Å². The van der Waals surface area contributed by atoms with E-state index in [4.69, 9.17) is 0 Å². The monoisotopic (exact) mass is 468 g/mol. The van der Waals surface area contributed by atoms with Gasteiger partial charge in [0.15, 0.2) is 0 Å². The lowest BCUT2D eigenvalue weighted by Crippen LogP contribution is -2.69. The van der Waals surface area contributed by atoms with Crippen molar-refractivity contribution in [3.8, 4) is 5.75 Å². The zero-order valence-electron chi connectivity index (χ0n) is 19.1. The second kappa shape index (κ2) is 7.75. The number of aromatic hydroxyl groups is 1. The van der Waals surface area contributed by atoms with Crippen LogP contribution in [0.2, 0.25) is 0 Å². The van der Waals surface area contributed by atoms with Gasteiger partial charge in [0.1, 0.15) is 17.4 Å². The van der Waals surface area contributed by atoms with Crippen LogP contribution in [-0.4, -0.2) is 45.8 Å². The quantitative estimate of drug-likeness (QED) is 0.629. The normalized spacial score (nSPS) is 32.2. The third kappa shape index (κ3) is 3.43. The average molecular weight is 469 g/mol. The van der Waals surface area contributed by atoms with Crippen LogP contribution in [0.3, 0.4) is 0 Å². The Hall–Kier alpha value is -2.51. The number of halogens is 2. The average Bonchev–Trinajstić information content (AvgIpc) is 3.53. The number of nitrogens with one attached hydrogen (secondary N) is 1. The second-order valence-electron chi connectivity index (χ2n) is 10.9. The highest BCUT2D eigenvalue weighted by atomic mass is 19.1. The molecule has 1 heterocycles. The van der Waals surface area contributed by atoms with Crippen LogP contribution in [0.15, 0.2) is 36.4 Å². The van der Waals surface area contributed by atoms with Gasteiger partial charge in [-0.25, -0.2) is 8.78 Å². The molecule has 3 fully saturated rings. The number of phenols is 1. The van der Waals surface area contributed by atoms with E-state index in [0.29, 0.717) is 30.7 Å². The van der Waals surface area contributed by atoms with Crippen molar-refractivity contribution in [2.75, 3.05) is 13.1 Å². The Morgan fingerprint density at radius 3 is 2.62 bits per heavy atom. The van der Waals surface area contributed by atoms with Gasteiger partial charge in [-0.05, 0) is 91.9 Å². The molecule has 2 saturated carbocycles. The van der Waals surface area contributed by atoms with E-state index in [2.05, 4.69) is 10.2 Å². The number of amides is 1. The van der Waals surface area contributed by atoms with Gasteiger partial charge in [0, 0.05) is 36.5 Å². The van der Waals surface area contributed by atoms with Crippen LogP contribution in [0.4, 0.5) is 8.78 Å². The summed E-state index contributed by atoms with van der Waals surface area (Å²) in [6.45, 7) is 1.89. The highest BCUT2D eigenvalue weighted by Crippen LogP contribution is 2.62. The van der Waals surface area contributed by atoms with Crippen LogP contribution in [0.5, 0.6) is 5.75 Å². The number of carbonyl (C=O) groups excluding carboxylic acids is 1. The summed E-state index contributed by atoms with van der Waals surface area (Å²) in [7, 11) is 0. The zero-order chi connectivity index (χ0) is 23.7. The number of nitrogens with zero attached hydrogens (tertiary/aromatic N) is 1. The summed E-state index contributed by atoms with van der Waals surface area (Å²) < 4.78 is 27.1. The predicted molar refractivity (Wildman–Crippen MR) is 122 cm³/mol. The Bertz CT molecular complexity index is 1130. The number of likely N-dealkylation sites (tertiary alicyclic amines) is 1. The van der Waals surface area contributed by atoms with Gasteiger partial charge in [-0.15, -0.1) is 0 Å². The molecule has 2 bridgehead atoms. The van der Waals surface area contributed by atoms with Gasteiger partial charge < -0.3 is 15.5 Å².